The van der Waals surface area contributed by atoms with E-state index in [9.17, 15) is 13.6 Å². The number of carbonyl (C=O) groups is 1. The Labute approximate surface area is 153 Å². The molecular weight excluding hydrogens is 358 g/mol. The van der Waals surface area contributed by atoms with Crippen molar-refractivity contribution in [2.75, 3.05) is 5.32 Å². The van der Waals surface area contributed by atoms with Crippen LogP contribution in [0.25, 0.3) is 11.0 Å². The van der Waals surface area contributed by atoms with Crippen LogP contribution in [0.4, 0.5) is 14.5 Å². The molecule has 3 rings (SSSR count). The van der Waals surface area contributed by atoms with E-state index in [-0.39, 0.29) is 6.04 Å². The molecule has 0 fully saturated rings. The van der Waals surface area contributed by atoms with Crippen LogP contribution in [0.3, 0.4) is 0 Å². The van der Waals surface area contributed by atoms with E-state index in [1.165, 1.54) is 0 Å². The molecule has 0 aliphatic carbocycles. The molecule has 0 aliphatic heterocycles. The highest BCUT2D eigenvalue weighted by atomic mass is 32.2. The lowest BCUT2D eigenvalue weighted by molar-refractivity contribution is 0.102. The molecule has 0 aliphatic rings. The number of carbonyl (C=O) groups excluding carboxylic acids is 1. The molecule has 1 N–H and O–H groups in total. The predicted molar refractivity (Wildman–Crippen MR) is 98.9 cm³/mol. The van der Waals surface area contributed by atoms with Crippen LogP contribution in [0.1, 0.15) is 35.9 Å². The highest BCUT2D eigenvalue weighted by Gasteiger charge is 2.17. The van der Waals surface area contributed by atoms with Crippen molar-refractivity contribution in [2.24, 2.45) is 0 Å². The lowest BCUT2D eigenvalue weighted by Gasteiger charge is -2.12. The highest BCUT2D eigenvalue weighted by molar-refractivity contribution is 7.99. The zero-order valence-electron chi connectivity index (χ0n) is 14.5. The number of aryl methyl sites for hydroxylation is 1. The maximum Gasteiger partial charge on any atom is 0.288 e. The van der Waals surface area contributed by atoms with Crippen LogP contribution >= 0.6 is 11.8 Å². The number of rotatable bonds is 5. The summed E-state index contributed by atoms with van der Waals surface area (Å²) in [5.41, 5.74) is 2.00. The van der Waals surface area contributed by atoms with Crippen molar-refractivity contribution in [2.45, 2.75) is 37.5 Å². The number of hydrogen-bond donors (Lipinski definition) is 1. The minimum absolute atomic E-state index is 0.150. The number of nitrogens with one attached hydrogen (secondary N) is 1. The van der Waals surface area contributed by atoms with Crippen molar-refractivity contribution >= 4 is 34.4 Å². The van der Waals surface area contributed by atoms with E-state index in [1.54, 1.807) is 48.1 Å². The summed E-state index contributed by atoms with van der Waals surface area (Å²) in [5.74, 6) is -2.95. The summed E-state index contributed by atoms with van der Waals surface area (Å²) in [6.45, 7) is 5.75. The third-order valence-corrected chi connectivity index (χ3v) is 4.63. The number of pyridine rings is 1. The first-order valence-corrected chi connectivity index (χ1v) is 8.95. The minimum atomic E-state index is -2.56. The van der Waals surface area contributed by atoms with Crippen molar-refractivity contribution < 1.29 is 13.6 Å². The number of halogens is 2. The molecule has 0 atom stereocenters. The van der Waals surface area contributed by atoms with Gasteiger partial charge in [0, 0.05) is 16.3 Å². The fourth-order valence-corrected chi connectivity index (χ4v) is 3.23. The van der Waals surface area contributed by atoms with Gasteiger partial charge in [0.1, 0.15) is 0 Å². The molecule has 0 saturated carbocycles. The predicted octanol–water partition coefficient (Wildman–Crippen LogP) is 4.89. The van der Waals surface area contributed by atoms with Crippen molar-refractivity contribution in [3.05, 3.63) is 47.8 Å². The molecule has 26 heavy (non-hydrogen) atoms. The van der Waals surface area contributed by atoms with E-state index in [0.717, 1.165) is 5.39 Å². The first-order valence-electron chi connectivity index (χ1n) is 8.07. The summed E-state index contributed by atoms with van der Waals surface area (Å²) in [6, 6.07) is 8.36. The number of para-hydroxylation sites is 1. The highest BCUT2D eigenvalue weighted by Crippen LogP contribution is 2.32. The SMILES string of the molecule is Cc1nc2c(cnn2C(C)C)cc1C(=O)Nc1ccccc1SC(F)F. The molecule has 1 amide bonds. The first kappa shape index (κ1) is 18.3. The molecule has 1 aromatic carbocycles. The van der Waals surface area contributed by atoms with Gasteiger partial charge in [-0.1, -0.05) is 23.9 Å². The Morgan fingerprint density at radius 3 is 2.69 bits per heavy atom. The monoisotopic (exact) mass is 376 g/mol. The average molecular weight is 376 g/mol. The summed E-state index contributed by atoms with van der Waals surface area (Å²) in [7, 11) is 0. The van der Waals surface area contributed by atoms with Gasteiger partial charge in [-0.2, -0.15) is 13.9 Å². The van der Waals surface area contributed by atoms with E-state index in [0.29, 0.717) is 39.2 Å². The molecule has 0 radical (unpaired) electrons. The lowest BCUT2D eigenvalue weighted by Crippen LogP contribution is -2.15. The molecule has 8 heteroatoms. The van der Waals surface area contributed by atoms with Gasteiger partial charge in [-0.3, -0.25) is 4.79 Å². The molecule has 0 bridgehead atoms. The topological polar surface area (TPSA) is 59.8 Å². The van der Waals surface area contributed by atoms with E-state index in [2.05, 4.69) is 15.4 Å². The van der Waals surface area contributed by atoms with Crippen LogP contribution in [-0.4, -0.2) is 26.4 Å². The number of fused-ring (bicyclic) bond motifs is 1. The Hall–Kier alpha value is -2.48. The van der Waals surface area contributed by atoms with E-state index in [4.69, 9.17) is 0 Å². The van der Waals surface area contributed by atoms with Crippen molar-refractivity contribution in [1.82, 2.24) is 14.8 Å². The quantitative estimate of drug-likeness (QED) is 0.644. The van der Waals surface area contributed by atoms with Gasteiger partial charge in [-0.05, 0) is 39.0 Å². The molecule has 2 aromatic heterocycles. The Bertz CT molecular complexity index is 956. The lowest BCUT2D eigenvalue weighted by atomic mass is 10.1. The third-order valence-electron chi connectivity index (χ3n) is 3.84. The number of aromatic nitrogens is 3. The standard InChI is InChI=1S/C18H18F2N4OS/c1-10(2)24-16-12(9-21-24)8-13(11(3)22-16)17(25)23-14-6-4-5-7-15(14)26-18(19)20/h4-10,18H,1-3H3,(H,23,25). The van der Waals surface area contributed by atoms with Gasteiger partial charge < -0.3 is 5.32 Å². The molecule has 2 heterocycles. The second kappa shape index (κ2) is 7.41. The largest absolute Gasteiger partial charge is 0.321 e. The van der Waals surface area contributed by atoms with Crippen LogP contribution in [0.2, 0.25) is 0 Å². The summed E-state index contributed by atoms with van der Waals surface area (Å²) in [4.78, 5) is 17.5. The van der Waals surface area contributed by atoms with Crippen molar-refractivity contribution in [3.63, 3.8) is 0 Å². The number of amides is 1. The number of hydrogen-bond acceptors (Lipinski definition) is 4. The van der Waals surface area contributed by atoms with E-state index in [1.807, 2.05) is 13.8 Å². The zero-order chi connectivity index (χ0) is 18.8. The molecule has 5 nitrogen and oxygen atoms in total. The molecule has 0 saturated heterocycles. The van der Waals surface area contributed by atoms with E-state index < -0.39 is 11.7 Å². The van der Waals surface area contributed by atoms with Crippen molar-refractivity contribution in [1.29, 1.82) is 0 Å². The number of anilines is 1. The van der Waals surface area contributed by atoms with Gasteiger partial charge in [0.25, 0.3) is 11.7 Å². The van der Waals surface area contributed by atoms with Gasteiger partial charge in [-0.25, -0.2) is 9.67 Å². The number of thioether (sulfide) groups is 1. The van der Waals surface area contributed by atoms with Crippen LogP contribution in [0, 0.1) is 6.92 Å². The van der Waals surface area contributed by atoms with Crippen LogP contribution in [0.15, 0.2) is 41.4 Å². The first-order chi connectivity index (χ1) is 12.4. The average Bonchev–Trinajstić information content (AvgIpc) is 2.98. The smallest absolute Gasteiger partial charge is 0.288 e. The second-order valence-electron chi connectivity index (χ2n) is 6.05. The Morgan fingerprint density at radius 2 is 2.00 bits per heavy atom. The third kappa shape index (κ3) is 3.70. The Balaban J connectivity index is 1.93. The maximum atomic E-state index is 12.7. The minimum Gasteiger partial charge on any atom is -0.321 e. The van der Waals surface area contributed by atoms with Gasteiger partial charge in [-0.15, -0.1) is 0 Å². The molecule has 0 spiro atoms. The number of benzene rings is 1. The van der Waals surface area contributed by atoms with Gasteiger partial charge in [0.2, 0.25) is 0 Å². The zero-order valence-corrected chi connectivity index (χ0v) is 15.3. The maximum absolute atomic E-state index is 12.7. The summed E-state index contributed by atoms with van der Waals surface area (Å²) in [6.07, 6.45) is 1.67. The molecular formula is C18H18F2N4OS. The van der Waals surface area contributed by atoms with Gasteiger partial charge in [0.15, 0.2) is 5.65 Å². The van der Waals surface area contributed by atoms with Crippen LogP contribution in [-0.2, 0) is 0 Å². The van der Waals surface area contributed by atoms with Crippen LogP contribution < -0.4 is 5.32 Å². The fourth-order valence-electron chi connectivity index (χ4n) is 2.63. The summed E-state index contributed by atoms with van der Waals surface area (Å²) in [5, 5.41) is 7.76. The summed E-state index contributed by atoms with van der Waals surface area (Å²) < 4.78 is 27.2. The molecule has 136 valence electrons. The van der Waals surface area contributed by atoms with Crippen molar-refractivity contribution in [3.8, 4) is 0 Å². The number of nitrogens with zero attached hydrogens (tertiary/aromatic N) is 3. The molecule has 3 aromatic rings. The fraction of sp³-hybridized carbons (Fsp3) is 0.278. The summed E-state index contributed by atoms with van der Waals surface area (Å²) >= 11 is 0.398. The van der Waals surface area contributed by atoms with E-state index >= 15 is 0 Å². The number of alkyl halides is 2. The second-order valence-corrected chi connectivity index (χ2v) is 7.08. The van der Waals surface area contributed by atoms with Crippen LogP contribution in [0.5, 0.6) is 0 Å². The normalized spacial score (nSPS) is 11.5. The van der Waals surface area contributed by atoms with Gasteiger partial charge in [0.05, 0.1) is 23.1 Å². The Kier molecular flexibility index (Phi) is 5.22. The van der Waals surface area contributed by atoms with Gasteiger partial charge >= 0.3 is 0 Å². The Morgan fingerprint density at radius 1 is 1.27 bits per heavy atom. The molecule has 0 unspecified atom stereocenters.